The van der Waals surface area contributed by atoms with Crippen molar-refractivity contribution in [2.24, 2.45) is 0 Å². The maximum Gasteiger partial charge on any atom is 0.319 e. The Balaban J connectivity index is 2.52. The summed E-state index contributed by atoms with van der Waals surface area (Å²) in [6.07, 6.45) is 2.25. The number of hydrogen-bond donors (Lipinski definition) is 1. The first-order chi connectivity index (χ1) is 12.0. The van der Waals surface area contributed by atoms with E-state index in [1.54, 1.807) is 31.4 Å². The predicted octanol–water partition coefficient (Wildman–Crippen LogP) is 4.16. The Morgan fingerprint density at radius 2 is 2.08 bits per heavy atom. The van der Waals surface area contributed by atoms with Crippen LogP contribution in [0, 0.1) is 10.1 Å². The summed E-state index contributed by atoms with van der Waals surface area (Å²) in [5, 5.41) is 15.2. The normalized spacial score (nSPS) is 11.8. The smallest absolute Gasteiger partial charge is 0.319 e. The van der Waals surface area contributed by atoms with Gasteiger partial charge in [-0.05, 0) is 30.7 Å². The average molecular weight is 366 g/mol. The summed E-state index contributed by atoms with van der Waals surface area (Å²) in [4.78, 5) is 15.4. The van der Waals surface area contributed by atoms with Gasteiger partial charge in [-0.2, -0.15) is 0 Å². The van der Waals surface area contributed by atoms with E-state index in [2.05, 4.69) is 10.3 Å². The number of benzene rings is 1. The molecule has 1 aromatic heterocycles. The maximum atomic E-state index is 11.7. The Kier molecular flexibility index (Phi) is 6.55. The summed E-state index contributed by atoms with van der Waals surface area (Å²) < 4.78 is 10.3. The van der Waals surface area contributed by atoms with Gasteiger partial charge in [0.2, 0.25) is 5.82 Å². The molecule has 0 amide bonds. The van der Waals surface area contributed by atoms with Crippen molar-refractivity contribution in [3.8, 4) is 16.9 Å². The molecule has 25 heavy (non-hydrogen) atoms. The van der Waals surface area contributed by atoms with E-state index in [4.69, 9.17) is 21.1 Å². The first kappa shape index (κ1) is 19.0. The van der Waals surface area contributed by atoms with Crippen molar-refractivity contribution in [2.45, 2.75) is 19.4 Å². The molecule has 1 aromatic carbocycles. The molecule has 1 atom stereocenters. The summed E-state index contributed by atoms with van der Waals surface area (Å²) in [6, 6.07) is 6.51. The number of anilines is 1. The van der Waals surface area contributed by atoms with E-state index in [-0.39, 0.29) is 17.5 Å². The number of halogens is 1. The van der Waals surface area contributed by atoms with Crippen LogP contribution in [0.25, 0.3) is 11.1 Å². The molecule has 0 aliphatic carbocycles. The fourth-order valence-electron chi connectivity index (χ4n) is 2.46. The molecular formula is C17H20ClN3O4. The molecule has 134 valence electrons. The largest absolute Gasteiger partial charge is 0.497 e. The molecule has 0 aliphatic heterocycles. The first-order valence-electron chi connectivity index (χ1n) is 7.74. The number of nitro groups is 1. The molecule has 0 fully saturated rings. The molecule has 2 aromatic rings. The van der Waals surface area contributed by atoms with Crippen molar-refractivity contribution in [1.29, 1.82) is 0 Å². The number of methoxy groups -OCH3 is 2. The Hall–Kier alpha value is -2.38. The van der Waals surface area contributed by atoms with Crippen LogP contribution < -0.4 is 10.1 Å². The molecule has 0 radical (unpaired) electrons. The molecule has 0 saturated carbocycles. The maximum absolute atomic E-state index is 11.7. The van der Waals surface area contributed by atoms with E-state index in [1.807, 2.05) is 6.92 Å². The highest BCUT2D eigenvalue weighted by atomic mass is 35.5. The molecular weight excluding hydrogens is 346 g/mol. The fourth-order valence-corrected chi connectivity index (χ4v) is 2.73. The average Bonchev–Trinajstić information content (AvgIpc) is 2.60. The van der Waals surface area contributed by atoms with Gasteiger partial charge in [0, 0.05) is 18.9 Å². The van der Waals surface area contributed by atoms with Crippen molar-refractivity contribution in [2.75, 3.05) is 26.1 Å². The fraction of sp³-hybridized carbons (Fsp3) is 0.353. The molecule has 1 heterocycles. The van der Waals surface area contributed by atoms with Crippen LogP contribution in [0.1, 0.15) is 13.3 Å². The van der Waals surface area contributed by atoms with Gasteiger partial charge in [0.05, 0.1) is 35.3 Å². The van der Waals surface area contributed by atoms with Gasteiger partial charge in [0.15, 0.2) is 0 Å². The molecule has 2 rings (SSSR count). The van der Waals surface area contributed by atoms with Crippen LogP contribution in [-0.2, 0) is 4.74 Å². The number of hydrogen-bond acceptors (Lipinski definition) is 6. The van der Waals surface area contributed by atoms with Crippen molar-refractivity contribution in [3.05, 3.63) is 45.6 Å². The lowest BCUT2D eigenvalue weighted by atomic mass is 10.0. The van der Waals surface area contributed by atoms with Crippen LogP contribution in [0.5, 0.6) is 5.75 Å². The minimum atomic E-state index is -0.454. The van der Waals surface area contributed by atoms with Crippen LogP contribution in [-0.4, -0.2) is 36.8 Å². The van der Waals surface area contributed by atoms with Gasteiger partial charge >= 0.3 is 5.69 Å². The summed E-state index contributed by atoms with van der Waals surface area (Å²) in [7, 11) is 3.11. The van der Waals surface area contributed by atoms with Gasteiger partial charge in [-0.1, -0.05) is 18.5 Å². The summed E-state index contributed by atoms with van der Waals surface area (Å²) >= 11 is 6.29. The summed E-state index contributed by atoms with van der Waals surface area (Å²) in [6.45, 7) is 2.38. The number of rotatable bonds is 8. The Morgan fingerprint density at radius 1 is 1.32 bits per heavy atom. The van der Waals surface area contributed by atoms with Gasteiger partial charge < -0.3 is 14.8 Å². The van der Waals surface area contributed by atoms with Crippen LogP contribution in [0.2, 0.25) is 5.02 Å². The third-order valence-corrected chi connectivity index (χ3v) is 4.09. The molecule has 1 unspecified atom stereocenters. The van der Waals surface area contributed by atoms with E-state index in [0.717, 1.165) is 6.42 Å². The van der Waals surface area contributed by atoms with Gasteiger partial charge in [-0.25, -0.2) is 4.98 Å². The van der Waals surface area contributed by atoms with Crippen LogP contribution >= 0.6 is 11.6 Å². The van der Waals surface area contributed by atoms with Crippen molar-refractivity contribution in [3.63, 3.8) is 0 Å². The van der Waals surface area contributed by atoms with E-state index < -0.39 is 4.92 Å². The zero-order valence-corrected chi connectivity index (χ0v) is 15.0. The van der Waals surface area contributed by atoms with Crippen molar-refractivity contribution in [1.82, 2.24) is 4.98 Å². The van der Waals surface area contributed by atoms with Crippen LogP contribution in [0.4, 0.5) is 11.5 Å². The van der Waals surface area contributed by atoms with Gasteiger partial charge in [0.25, 0.3) is 0 Å². The zero-order chi connectivity index (χ0) is 18.4. The lowest BCUT2D eigenvalue weighted by Gasteiger charge is -2.17. The van der Waals surface area contributed by atoms with E-state index >= 15 is 0 Å². The zero-order valence-electron chi connectivity index (χ0n) is 14.3. The predicted molar refractivity (Wildman–Crippen MR) is 97.5 cm³/mol. The van der Waals surface area contributed by atoms with E-state index in [1.165, 1.54) is 13.3 Å². The monoisotopic (exact) mass is 365 g/mol. The molecule has 0 bridgehead atoms. The van der Waals surface area contributed by atoms with Crippen molar-refractivity contribution < 1.29 is 14.4 Å². The van der Waals surface area contributed by atoms with E-state index in [0.29, 0.717) is 28.5 Å². The lowest BCUT2D eigenvalue weighted by molar-refractivity contribution is -0.383. The highest BCUT2D eigenvalue weighted by molar-refractivity contribution is 6.33. The molecule has 0 aliphatic rings. The first-order valence-corrected chi connectivity index (χ1v) is 8.12. The number of pyridine rings is 1. The van der Waals surface area contributed by atoms with Crippen LogP contribution in [0.3, 0.4) is 0 Å². The molecule has 1 N–H and O–H groups in total. The minimum Gasteiger partial charge on any atom is -0.497 e. The quantitative estimate of drug-likeness (QED) is 0.558. The minimum absolute atomic E-state index is 0.0854. The Labute approximate surface area is 151 Å². The SMILES string of the molecule is CCC(COC)Nc1nccc(-c2ccc(OC)cc2Cl)c1[N+](=O)[O-]. The second kappa shape index (κ2) is 8.64. The molecule has 0 saturated heterocycles. The third kappa shape index (κ3) is 4.37. The highest BCUT2D eigenvalue weighted by Gasteiger charge is 2.25. The number of aromatic nitrogens is 1. The molecule has 0 spiro atoms. The van der Waals surface area contributed by atoms with Gasteiger partial charge in [0.1, 0.15) is 5.75 Å². The Bertz CT molecular complexity index is 755. The summed E-state index contributed by atoms with van der Waals surface area (Å²) in [5.74, 6) is 0.772. The number of nitrogens with one attached hydrogen (secondary N) is 1. The van der Waals surface area contributed by atoms with E-state index in [9.17, 15) is 10.1 Å². The summed E-state index contributed by atoms with van der Waals surface area (Å²) in [5.41, 5.74) is 0.811. The second-order valence-electron chi connectivity index (χ2n) is 5.36. The highest BCUT2D eigenvalue weighted by Crippen LogP contribution is 2.39. The van der Waals surface area contributed by atoms with Gasteiger partial charge in [-0.3, -0.25) is 10.1 Å². The Morgan fingerprint density at radius 3 is 2.64 bits per heavy atom. The van der Waals surface area contributed by atoms with Crippen LogP contribution in [0.15, 0.2) is 30.5 Å². The number of ether oxygens (including phenoxy) is 2. The van der Waals surface area contributed by atoms with Gasteiger partial charge in [-0.15, -0.1) is 0 Å². The standard InChI is InChI=1S/C17H20ClN3O4/c1-4-11(10-24-2)20-17-16(21(22)23)14(7-8-19-17)13-6-5-12(25-3)9-15(13)18/h5-9,11H,4,10H2,1-3H3,(H,19,20). The molecule has 7 nitrogen and oxygen atoms in total. The second-order valence-corrected chi connectivity index (χ2v) is 5.77. The number of nitrogens with zero attached hydrogens (tertiary/aromatic N) is 2. The third-order valence-electron chi connectivity index (χ3n) is 3.77. The topological polar surface area (TPSA) is 86.5 Å². The van der Waals surface area contributed by atoms with Crippen molar-refractivity contribution >= 4 is 23.1 Å². The lowest BCUT2D eigenvalue weighted by Crippen LogP contribution is -2.25. The molecule has 8 heteroatoms.